The first-order chi connectivity index (χ1) is 10.1. The molecule has 0 amide bonds. The average Bonchev–Trinajstić information content (AvgIpc) is 3.04. The second-order valence-corrected chi connectivity index (χ2v) is 5.32. The number of hydrogen-bond acceptors (Lipinski definition) is 6. The van der Waals surface area contributed by atoms with Crippen LogP contribution in [0.5, 0.6) is 0 Å². The van der Waals surface area contributed by atoms with Crippen molar-refractivity contribution < 1.29 is 13.5 Å². The molecule has 2 aromatic rings. The lowest BCUT2D eigenvalue weighted by atomic mass is 10.2. The fraction of sp³-hybridized carbons (Fsp3) is 0.462. The van der Waals surface area contributed by atoms with Crippen LogP contribution in [0.3, 0.4) is 0 Å². The van der Waals surface area contributed by atoms with Gasteiger partial charge >= 0.3 is 0 Å². The molecule has 1 aliphatic rings. The lowest BCUT2D eigenvalue weighted by Crippen LogP contribution is -2.26. The van der Waals surface area contributed by atoms with Crippen LogP contribution >= 0.6 is 11.6 Å². The summed E-state index contributed by atoms with van der Waals surface area (Å²) < 4.78 is 25.0. The summed E-state index contributed by atoms with van der Waals surface area (Å²) in [6.07, 6.45) is 1.98. The Kier molecular flexibility index (Phi) is 3.77. The smallest absolute Gasteiger partial charge is 0.238 e. The summed E-state index contributed by atoms with van der Waals surface area (Å²) in [5, 5.41) is 8.11. The van der Waals surface area contributed by atoms with Gasteiger partial charge in [-0.1, -0.05) is 11.6 Å². The average molecular weight is 313 g/mol. The highest BCUT2D eigenvalue weighted by molar-refractivity contribution is 6.30. The molecule has 1 aliphatic heterocycles. The molecule has 0 N–H and O–H groups in total. The molecule has 2 atom stereocenters. The van der Waals surface area contributed by atoms with Gasteiger partial charge in [-0.25, -0.2) is 9.37 Å². The molecule has 3 heterocycles. The lowest BCUT2D eigenvalue weighted by Gasteiger charge is -2.23. The summed E-state index contributed by atoms with van der Waals surface area (Å²) in [4.78, 5) is 5.86. The monoisotopic (exact) mass is 312 g/mol. The Hall–Kier alpha value is -1.73. The fourth-order valence-electron chi connectivity index (χ4n) is 2.50. The molecule has 112 valence electrons. The van der Waals surface area contributed by atoms with Gasteiger partial charge in [-0.05, 0) is 6.07 Å². The van der Waals surface area contributed by atoms with Crippen molar-refractivity contribution in [2.75, 3.05) is 18.6 Å². The minimum Gasteiger partial charge on any atom is -0.423 e. The third kappa shape index (κ3) is 2.71. The predicted octanol–water partition coefficient (Wildman–Crippen LogP) is 2.53. The van der Waals surface area contributed by atoms with Gasteiger partial charge < -0.3 is 14.1 Å². The molecule has 0 spiro atoms. The first-order valence-corrected chi connectivity index (χ1v) is 6.86. The van der Waals surface area contributed by atoms with Crippen LogP contribution in [0.15, 0.2) is 16.7 Å². The number of aromatic nitrogens is 3. The van der Waals surface area contributed by atoms with Crippen LogP contribution in [-0.2, 0) is 4.74 Å². The maximum atomic E-state index is 14.1. The molecule has 0 saturated carbocycles. The van der Waals surface area contributed by atoms with E-state index >= 15 is 0 Å². The predicted molar refractivity (Wildman–Crippen MR) is 73.7 cm³/mol. The summed E-state index contributed by atoms with van der Waals surface area (Å²) >= 11 is 5.75. The van der Waals surface area contributed by atoms with Gasteiger partial charge in [-0.15, -0.1) is 10.2 Å². The Bertz CT molecular complexity index is 651. The molecule has 0 aromatic carbocycles. The van der Waals surface area contributed by atoms with Crippen LogP contribution in [0, 0.1) is 12.7 Å². The number of aryl methyl sites for hydroxylation is 1. The molecule has 8 heteroatoms. The molecule has 1 saturated heterocycles. The zero-order valence-electron chi connectivity index (χ0n) is 11.6. The van der Waals surface area contributed by atoms with Crippen molar-refractivity contribution in [3.05, 3.63) is 34.9 Å². The number of pyridine rings is 1. The maximum absolute atomic E-state index is 14.1. The highest BCUT2D eigenvalue weighted by Crippen LogP contribution is 2.37. The second kappa shape index (κ2) is 5.57. The van der Waals surface area contributed by atoms with Crippen molar-refractivity contribution in [2.45, 2.75) is 25.5 Å². The van der Waals surface area contributed by atoms with E-state index in [2.05, 4.69) is 15.2 Å². The van der Waals surface area contributed by atoms with E-state index in [9.17, 15) is 4.39 Å². The first kappa shape index (κ1) is 14.2. The number of methoxy groups -OCH3 is 1. The Morgan fingerprint density at radius 2 is 2.29 bits per heavy atom. The van der Waals surface area contributed by atoms with Crippen LogP contribution in [0.25, 0.3) is 0 Å². The Morgan fingerprint density at radius 1 is 1.48 bits per heavy atom. The van der Waals surface area contributed by atoms with Gasteiger partial charge in [-0.2, -0.15) is 0 Å². The van der Waals surface area contributed by atoms with Gasteiger partial charge in [0.1, 0.15) is 6.04 Å². The van der Waals surface area contributed by atoms with Gasteiger partial charge in [0, 0.05) is 33.2 Å². The number of hydrogen-bond donors (Lipinski definition) is 0. The van der Waals surface area contributed by atoms with E-state index in [1.165, 1.54) is 12.3 Å². The van der Waals surface area contributed by atoms with Crippen LogP contribution in [0.2, 0.25) is 5.02 Å². The number of halogens is 2. The van der Waals surface area contributed by atoms with Crippen molar-refractivity contribution in [2.24, 2.45) is 0 Å². The summed E-state index contributed by atoms with van der Waals surface area (Å²) in [6, 6.07) is 0.972. The summed E-state index contributed by atoms with van der Waals surface area (Å²) in [7, 11) is 1.62. The van der Waals surface area contributed by atoms with E-state index in [4.69, 9.17) is 20.8 Å². The van der Waals surface area contributed by atoms with Gasteiger partial charge in [0.15, 0.2) is 11.6 Å². The van der Waals surface area contributed by atoms with E-state index in [1.807, 2.05) is 0 Å². The van der Waals surface area contributed by atoms with Crippen molar-refractivity contribution >= 4 is 17.4 Å². The zero-order chi connectivity index (χ0) is 15.0. The molecule has 0 radical (unpaired) electrons. The molecule has 6 nitrogen and oxygen atoms in total. The SMILES string of the molecule is CO[C@@H]1C[C@H](c2nnc(C)o2)N(c2ncc(Cl)cc2F)C1. The van der Waals surface area contributed by atoms with E-state index in [0.717, 1.165) is 0 Å². The van der Waals surface area contributed by atoms with E-state index in [0.29, 0.717) is 24.7 Å². The topological polar surface area (TPSA) is 64.3 Å². The van der Waals surface area contributed by atoms with Crippen LogP contribution in [0.4, 0.5) is 10.2 Å². The summed E-state index contributed by atoms with van der Waals surface area (Å²) in [5.41, 5.74) is 0. The molecular formula is C13H14ClFN4O2. The van der Waals surface area contributed by atoms with Crippen LogP contribution in [0.1, 0.15) is 24.2 Å². The molecule has 1 fully saturated rings. The molecular weight excluding hydrogens is 299 g/mol. The lowest BCUT2D eigenvalue weighted by molar-refractivity contribution is 0.117. The number of nitrogens with zero attached hydrogens (tertiary/aromatic N) is 4. The third-order valence-corrected chi connectivity index (χ3v) is 3.69. The molecule has 0 aliphatic carbocycles. The maximum Gasteiger partial charge on any atom is 0.238 e. The van der Waals surface area contributed by atoms with Crippen LogP contribution in [-0.4, -0.2) is 34.9 Å². The summed E-state index contributed by atoms with van der Waals surface area (Å²) in [5.74, 6) is 0.624. The molecule has 0 unspecified atom stereocenters. The van der Waals surface area contributed by atoms with Gasteiger partial charge in [0.25, 0.3) is 0 Å². The summed E-state index contributed by atoms with van der Waals surface area (Å²) in [6.45, 7) is 2.21. The first-order valence-electron chi connectivity index (χ1n) is 6.49. The van der Waals surface area contributed by atoms with E-state index in [1.54, 1.807) is 18.9 Å². The number of rotatable bonds is 3. The molecule has 3 rings (SSSR count). The standard InChI is InChI=1S/C13H14ClFN4O2/c1-7-17-18-13(21-7)11-4-9(20-2)6-19(11)12-10(15)3-8(14)5-16-12/h3,5,9,11H,4,6H2,1-2H3/t9-,11-/m1/s1. The zero-order valence-corrected chi connectivity index (χ0v) is 12.3. The minimum atomic E-state index is -0.486. The quantitative estimate of drug-likeness (QED) is 0.868. The van der Waals surface area contributed by atoms with Gasteiger partial charge in [-0.3, -0.25) is 0 Å². The molecule has 2 aromatic heterocycles. The van der Waals surface area contributed by atoms with Gasteiger partial charge in [0.2, 0.25) is 11.8 Å². The van der Waals surface area contributed by atoms with E-state index in [-0.39, 0.29) is 23.0 Å². The van der Waals surface area contributed by atoms with Crippen molar-refractivity contribution in [1.29, 1.82) is 0 Å². The van der Waals surface area contributed by atoms with Gasteiger partial charge in [0.05, 0.1) is 11.1 Å². The molecule has 21 heavy (non-hydrogen) atoms. The normalized spacial score (nSPS) is 22.0. The van der Waals surface area contributed by atoms with Crippen molar-refractivity contribution in [3.63, 3.8) is 0 Å². The Balaban J connectivity index is 1.97. The fourth-order valence-corrected chi connectivity index (χ4v) is 2.65. The number of anilines is 1. The second-order valence-electron chi connectivity index (χ2n) is 4.88. The minimum absolute atomic E-state index is 0.0564. The molecule has 0 bridgehead atoms. The van der Waals surface area contributed by atoms with Crippen LogP contribution < -0.4 is 4.90 Å². The Labute approximate surface area is 125 Å². The highest BCUT2D eigenvalue weighted by Gasteiger charge is 2.38. The highest BCUT2D eigenvalue weighted by atomic mass is 35.5. The van der Waals surface area contributed by atoms with Crippen molar-refractivity contribution in [1.82, 2.24) is 15.2 Å². The Morgan fingerprint density at radius 3 is 2.90 bits per heavy atom. The third-order valence-electron chi connectivity index (χ3n) is 3.48. The number of ether oxygens (including phenoxy) is 1. The largest absolute Gasteiger partial charge is 0.423 e. The van der Waals surface area contributed by atoms with Crippen molar-refractivity contribution in [3.8, 4) is 0 Å². The van der Waals surface area contributed by atoms with E-state index < -0.39 is 5.82 Å².